The van der Waals surface area contributed by atoms with Crippen LogP contribution in [0.5, 0.6) is 0 Å². The second kappa shape index (κ2) is 17.9. The maximum atomic E-state index is 10.2. The Morgan fingerprint density at radius 1 is 0.825 bits per heavy atom. The Labute approximate surface area is 249 Å². The van der Waals surface area contributed by atoms with Crippen molar-refractivity contribution in [3.05, 3.63) is 95.6 Å². The van der Waals surface area contributed by atoms with Crippen LogP contribution in [0, 0.1) is 0 Å². The van der Waals surface area contributed by atoms with Crippen molar-refractivity contribution in [3.63, 3.8) is 0 Å². The zero-order valence-corrected chi connectivity index (χ0v) is 25.8. The highest BCUT2D eigenvalue weighted by atomic mass is 79.9. The molecule has 1 unspecified atom stereocenters. The van der Waals surface area contributed by atoms with Gasteiger partial charge in [-0.1, -0.05) is 127 Å². The van der Waals surface area contributed by atoms with E-state index >= 15 is 0 Å². The number of ether oxygens (including phenoxy) is 4. The van der Waals surface area contributed by atoms with Gasteiger partial charge in [0.1, 0.15) is 11.7 Å². The summed E-state index contributed by atoms with van der Waals surface area (Å²) in [7, 11) is 3.31. The van der Waals surface area contributed by atoms with Gasteiger partial charge in [-0.2, -0.15) is 0 Å². The fourth-order valence-electron chi connectivity index (χ4n) is 5.23. The quantitative estimate of drug-likeness (QED) is 0.0940. The first-order valence-electron chi connectivity index (χ1n) is 14.7. The predicted molar refractivity (Wildman–Crippen MR) is 166 cm³/mol. The average molecular weight is 616 g/mol. The highest BCUT2D eigenvalue weighted by Crippen LogP contribution is 2.44. The molecule has 1 N–H and O–H groups in total. The van der Waals surface area contributed by atoms with Crippen LogP contribution < -0.4 is 0 Å². The number of aliphatic hydroxyl groups excluding tert-OH is 1. The van der Waals surface area contributed by atoms with E-state index < -0.39 is 17.5 Å². The summed E-state index contributed by atoms with van der Waals surface area (Å²) in [6, 6.07) is 20.5. The van der Waals surface area contributed by atoms with Crippen LogP contribution in [0.15, 0.2) is 84.5 Å². The van der Waals surface area contributed by atoms with Gasteiger partial charge in [-0.15, -0.1) is 0 Å². The van der Waals surface area contributed by atoms with Crippen LogP contribution in [-0.4, -0.2) is 56.4 Å². The molecular formula is C34H47BrO5. The number of halogens is 1. The summed E-state index contributed by atoms with van der Waals surface area (Å²) in [6.45, 7) is 0.770. The Balaban J connectivity index is 1.71. The zero-order valence-electron chi connectivity index (χ0n) is 24.2. The van der Waals surface area contributed by atoms with E-state index in [0.29, 0.717) is 13.0 Å². The van der Waals surface area contributed by atoms with Crippen molar-refractivity contribution in [1.82, 2.24) is 0 Å². The number of aliphatic hydroxyl groups is 1. The zero-order chi connectivity index (χ0) is 28.5. The summed E-state index contributed by atoms with van der Waals surface area (Å²) in [5.74, 6) is -0.799. The number of hydrogen-bond acceptors (Lipinski definition) is 5. The Hall–Kier alpha value is -1.80. The van der Waals surface area contributed by atoms with Gasteiger partial charge in [0.05, 0.1) is 13.2 Å². The lowest BCUT2D eigenvalue weighted by atomic mass is 9.77. The normalized spacial score (nSPS) is 15.7. The third kappa shape index (κ3) is 9.10. The van der Waals surface area contributed by atoms with E-state index in [9.17, 15) is 5.11 Å². The second-order valence-corrected chi connectivity index (χ2v) is 11.1. The van der Waals surface area contributed by atoms with E-state index in [1.807, 2.05) is 48.6 Å². The summed E-state index contributed by atoms with van der Waals surface area (Å²) in [4.78, 5) is 0. The molecule has 2 aromatic rings. The summed E-state index contributed by atoms with van der Waals surface area (Å²) < 4.78 is 24.3. The molecule has 0 heterocycles. The highest BCUT2D eigenvalue weighted by molar-refractivity contribution is 9.09. The minimum atomic E-state index is -0.891. The molecule has 0 bridgehead atoms. The Kier molecular flexibility index (Phi) is 14.6. The Morgan fingerprint density at radius 3 is 1.85 bits per heavy atom. The lowest BCUT2D eigenvalue weighted by molar-refractivity contribution is -0.168. The van der Waals surface area contributed by atoms with E-state index in [1.54, 1.807) is 14.2 Å². The van der Waals surface area contributed by atoms with Crippen molar-refractivity contribution >= 4 is 15.9 Å². The lowest BCUT2D eigenvalue weighted by Gasteiger charge is -2.40. The Bertz CT molecular complexity index is 964. The standard InChI is InChI=1S/C34H47BrO5/c1-37-33(38-2)23-21-31(22-24-33)34(29-17-11-9-12-18-29,30-19-13-10-14-20-30)40-28-32(27-36)39-26-16-8-6-4-3-5-7-15-25-35/h9-14,17-23,32,36H,3-8,15-16,24-28H2,1-2H3. The minimum absolute atomic E-state index is 0.0986. The molecule has 1 aliphatic carbocycles. The average Bonchev–Trinajstić information content (AvgIpc) is 3.02. The van der Waals surface area contributed by atoms with Gasteiger partial charge in [0.15, 0.2) is 5.79 Å². The Morgan fingerprint density at radius 2 is 1.38 bits per heavy atom. The van der Waals surface area contributed by atoms with Gasteiger partial charge in [0.2, 0.25) is 0 Å². The molecule has 1 atom stereocenters. The molecule has 0 radical (unpaired) electrons. The molecule has 3 rings (SSSR count). The summed E-state index contributed by atoms with van der Waals surface area (Å²) in [6.07, 6.45) is 16.1. The maximum Gasteiger partial charge on any atom is 0.190 e. The number of unbranched alkanes of at least 4 members (excludes halogenated alkanes) is 7. The first-order valence-corrected chi connectivity index (χ1v) is 15.8. The predicted octanol–water partition coefficient (Wildman–Crippen LogP) is 7.72. The fraction of sp³-hybridized carbons (Fsp3) is 0.529. The second-order valence-electron chi connectivity index (χ2n) is 10.3. The van der Waals surface area contributed by atoms with E-state index in [-0.39, 0.29) is 13.2 Å². The van der Waals surface area contributed by atoms with E-state index in [4.69, 9.17) is 18.9 Å². The molecule has 1 aliphatic rings. The third-order valence-corrected chi connectivity index (χ3v) is 8.21. The molecule has 0 aromatic heterocycles. The highest BCUT2D eigenvalue weighted by Gasteiger charge is 2.41. The van der Waals surface area contributed by atoms with Crippen LogP contribution in [0.4, 0.5) is 0 Å². The fourth-order valence-corrected chi connectivity index (χ4v) is 5.62. The number of hydrogen-bond donors (Lipinski definition) is 1. The van der Waals surface area contributed by atoms with E-state index in [1.165, 1.54) is 38.5 Å². The van der Waals surface area contributed by atoms with Crippen molar-refractivity contribution in [3.8, 4) is 0 Å². The number of methoxy groups -OCH3 is 2. The summed E-state index contributed by atoms with van der Waals surface area (Å²) >= 11 is 3.50. The molecule has 2 aromatic carbocycles. The van der Waals surface area contributed by atoms with Crippen LogP contribution in [0.1, 0.15) is 68.9 Å². The van der Waals surface area contributed by atoms with Crippen molar-refractivity contribution in [2.45, 2.75) is 75.3 Å². The van der Waals surface area contributed by atoms with Crippen LogP contribution in [0.2, 0.25) is 0 Å². The molecule has 0 saturated heterocycles. The van der Waals surface area contributed by atoms with Crippen molar-refractivity contribution in [2.24, 2.45) is 0 Å². The molecule has 6 heteroatoms. The van der Waals surface area contributed by atoms with Crippen molar-refractivity contribution in [2.75, 3.05) is 39.4 Å². The smallest absolute Gasteiger partial charge is 0.190 e. The van der Waals surface area contributed by atoms with Crippen molar-refractivity contribution in [1.29, 1.82) is 0 Å². The van der Waals surface area contributed by atoms with E-state index in [0.717, 1.165) is 34.9 Å². The molecular weight excluding hydrogens is 568 g/mol. The van der Waals surface area contributed by atoms with Gasteiger partial charge in [-0.05, 0) is 35.6 Å². The van der Waals surface area contributed by atoms with E-state index in [2.05, 4.69) is 46.3 Å². The molecule has 0 spiro atoms. The first-order chi connectivity index (χ1) is 19.6. The molecule has 40 heavy (non-hydrogen) atoms. The van der Waals surface area contributed by atoms with Crippen LogP contribution in [0.25, 0.3) is 0 Å². The maximum absolute atomic E-state index is 10.2. The van der Waals surface area contributed by atoms with Crippen LogP contribution in [0.3, 0.4) is 0 Å². The number of alkyl halides is 1. The molecule has 220 valence electrons. The summed E-state index contributed by atoms with van der Waals surface area (Å²) in [5, 5.41) is 11.3. The third-order valence-electron chi connectivity index (χ3n) is 7.65. The monoisotopic (exact) mass is 614 g/mol. The lowest BCUT2D eigenvalue weighted by Crippen LogP contribution is -2.40. The van der Waals surface area contributed by atoms with Crippen molar-refractivity contribution < 1.29 is 24.1 Å². The molecule has 0 amide bonds. The number of rotatable bonds is 20. The van der Waals surface area contributed by atoms with Crippen LogP contribution >= 0.6 is 15.9 Å². The molecule has 0 aliphatic heterocycles. The first kappa shape index (κ1) is 32.7. The molecule has 0 saturated carbocycles. The summed E-state index contributed by atoms with van der Waals surface area (Å²) in [5.41, 5.74) is 2.11. The molecule has 5 nitrogen and oxygen atoms in total. The van der Waals surface area contributed by atoms with Gasteiger partial charge >= 0.3 is 0 Å². The topological polar surface area (TPSA) is 57.2 Å². The van der Waals surface area contributed by atoms with Crippen LogP contribution in [-0.2, 0) is 24.5 Å². The van der Waals surface area contributed by atoms with Gasteiger partial charge < -0.3 is 24.1 Å². The largest absolute Gasteiger partial charge is 0.394 e. The number of benzene rings is 2. The van der Waals surface area contributed by atoms with Gasteiger partial charge in [0, 0.05) is 32.6 Å². The van der Waals surface area contributed by atoms with Gasteiger partial charge in [0.25, 0.3) is 0 Å². The van der Waals surface area contributed by atoms with Gasteiger partial charge in [-0.3, -0.25) is 0 Å². The minimum Gasteiger partial charge on any atom is -0.394 e. The SMILES string of the molecule is COC1(OC)C=CC(C(OCC(CO)OCCCCCCCCCCBr)(c2ccccc2)c2ccccc2)=CC1. The van der Waals surface area contributed by atoms with Gasteiger partial charge in [-0.25, -0.2) is 0 Å². The molecule has 0 fully saturated rings.